The lowest BCUT2D eigenvalue weighted by molar-refractivity contribution is 0.189. The summed E-state index contributed by atoms with van der Waals surface area (Å²) in [6, 6.07) is 5.68. The van der Waals surface area contributed by atoms with E-state index in [9.17, 15) is 4.39 Å². The zero-order valence-electron chi connectivity index (χ0n) is 10.4. The fourth-order valence-corrected chi connectivity index (χ4v) is 3.99. The lowest BCUT2D eigenvalue weighted by Crippen LogP contribution is -2.39. The molecule has 2 rings (SSSR count). The Bertz CT molecular complexity index is 410. The highest BCUT2D eigenvalue weighted by Crippen LogP contribution is 2.30. The largest absolute Gasteiger partial charge is 0.329 e. The number of likely N-dealkylation sites (N-methyl/N-ethyl adjacent to an activating group) is 1. The Morgan fingerprint density at radius 2 is 2.39 bits per heavy atom. The summed E-state index contributed by atoms with van der Waals surface area (Å²) in [4.78, 5) is 2.23. The molecule has 0 aliphatic carbocycles. The van der Waals surface area contributed by atoms with Crippen LogP contribution in [0, 0.1) is 5.82 Å². The third-order valence-electron chi connectivity index (χ3n) is 3.52. The molecule has 1 fully saturated rings. The molecule has 1 heterocycles. The van der Waals surface area contributed by atoms with Crippen molar-refractivity contribution in [1.82, 2.24) is 4.90 Å². The summed E-state index contributed by atoms with van der Waals surface area (Å²) >= 11 is 5.24. The van der Waals surface area contributed by atoms with Gasteiger partial charge in [-0.15, -0.1) is 0 Å². The highest BCUT2D eigenvalue weighted by atomic mass is 79.9. The zero-order valence-corrected chi connectivity index (χ0v) is 12.8. The van der Waals surface area contributed by atoms with Crippen molar-refractivity contribution in [2.24, 2.45) is 5.73 Å². The van der Waals surface area contributed by atoms with Crippen molar-refractivity contribution in [2.45, 2.75) is 18.5 Å². The molecule has 2 atom stereocenters. The lowest BCUT2D eigenvalue weighted by Gasteiger charge is -2.32. The first-order chi connectivity index (χ1) is 8.63. The Hall–Kier alpha value is -0.100. The highest BCUT2D eigenvalue weighted by molar-refractivity contribution is 9.10. The Morgan fingerprint density at radius 3 is 2.94 bits per heavy atom. The molecular weight excluding hydrogens is 315 g/mol. The van der Waals surface area contributed by atoms with Crippen molar-refractivity contribution < 1.29 is 4.39 Å². The second-order valence-corrected chi connectivity index (χ2v) is 6.67. The molecule has 0 bridgehead atoms. The fraction of sp³-hybridized carbons (Fsp3) is 0.538. The van der Waals surface area contributed by atoms with Gasteiger partial charge in [-0.3, -0.25) is 4.90 Å². The maximum absolute atomic E-state index is 14.0. The minimum Gasteiger partial charge on any atom is -0.329 e. The second-order valence-electron chi connectivity index (χ2n) is 4.60. The van der Waals surface area contributed by atoms with E-state index in [-0.39, 0.29) is 11.9 Å². The van der Waals surface area contributed by atoms with E-state index in [1.54, 1.807) is 0 Å². The number of thioether (sulfide) groups is 1. The molecule has 2 unspecified atom stereocenters. The molecular formula is C13H18BrFN2S. The van der Waals surface area contributed by atoms with Crippen LogP contribution in [-0.4, -0.2) is 36.0 Å². The van der Waals surface area contributed by atoms with Gasteiger partial charge < -0.3 is 5.73 Å². The maximum atomic E-state index is 14.0. The molecule has 2 nitrogen and oxygen atoms in total. The molecule has 1 saturated heterocycles. The van der Waals surface area contributed by atoms with Gasteiger partial charge in [0, 0.05) is 34.4 Å². The molecule has 0 spiro atoms. The van der Waals surface area contributed by atoms with Crippen LogP contribution in [-0.2, 0) is 0 Å². The first-order valence-electron chi connectivity index (χ1n) is 6.08. The van der Waals surface area contributed by atoms with Crippen molar-refractivity contribution in [3.05, 3.63) is 34.1 Å². The predicted molar refractivity (Wildman–Crippen MR) is 79.4 cm³/mol. The summed E-state index contributed by atoms with van der Waals surface area (Å²) in [5, 5.41) is 0. The highest BCUT2D eigenvalue weighted by Gasteiger charge is 2.27. The van der Waals surface area contributed by atoms with E-state index in [0.717, 1.165) is 16.6 Å². The summed E-state index contributed by atoms with van der Waals surface area (Å²) < 4.78 is 14.8. The number of hydrogen-bond donors (Lipinski definition) is 1. The van der Waals surface area contributed by atoms with Crippen LogP contribution in [0.3, 0.4) is 0 Å². The Kier molecular flexibility index (Phi) is 5.06. The molecule has 1 aliphatic rings. The normalized spacial score (nSPS) is 21.5. The van der Waals surface area contributed by atoms with E-state index in [1.807, 2.05) is 23.9 Å². The molecule has 0 radical (unpaired) electrons. The Balaban J connectivity index is 2.21. The number of rotatable bonds is 4. The number of benzene rings is 1. The SMILES string of the molecule is CN(C1CCSC1)C(CN)c1ccc(Br)cc1F. The number of hydrogen-bond acceptors (Lipinski definition) is 3. The van der Waals surface area contributed by atoms with E-state index in [1.165, 1.54) is 11.8 Å². The molecule has 1 aromatic rings. The second kappa shape index (κ2) is 6.37. The van der Waals surface area contributed by atoms with Crippen LogP contribution in [0.2, 0.25) is 0 Å². The van der Waals surface area contributed by atoms with E-state index >= 15 is 0 Å². The van der Waals surface area contributed by atoms with E-state index in [2.05, 4.69) is 27.9 Å². The van der Waals surface area contributed by atoms with E-state index in [0.29, 0.717) is 18.2 Å². The summed E-state index contributed by atoms with van der Waals surface area (Å²) in [6.45, 7) is 0.441. The van der Waals surface area contributed by atoms with Gasteiger partial charge in [-0.05, 0) is 31.4 Å². The molecule has 5 heteroatoms. The van der Waals surface area contributed by atoms with Crippen LogP contribution >= 0.6 is 27.7 Å². The van der Waals surface area contributed by atoms with Crippen LogP contribution in [0.4, 0.5) is 4.39 Å². The summed E-state index contributed by atoms with van der Waals surface area (Å²) in [7, 11) is 2.05. The summed E-state index contributed by atoms with van der Waals surface area (Å²) in [5.74, 6) is 2.12. The van der Waals surface area contributed by atoms with Crippen LogP contribution in [0.1, 0.15) is 18.0 Å². The molecule has 1 aromatic carbocycles. The standard InChI is InChI=1S/C13H18BrFN2S/c1-17(10-4-5-18-8-10)13(7-16)11-3-2-9(14)6-12(11)15/h2-3,6,10,13H,4-5,7-8,16H2,1H3. The number of nitrogens with zero attached hydrogens (tertiary/aromatic N) is 1. The molecule has 2 N–H and O–H groups in total. The van der Waals surface area contributed by atoms with Crippen LogP contribution < -0.4 is 5.73 Å². The van der Waals surface area contributed by atoms with Crippen LogP contribution in [0.5, 0.6) is 0 Å². The van der Waals surface area contributed by atoms with Gasteiger partial charge in [-0.1, -0.05) is 22.0 Å². The summed E-state index contributed by atoms with van der Waals surface area (Å²) in [5.41, 5.74) is 6.55. The number of halogens is 2. The monoisotopic (exact) mass is 332 g/mol. The van der Waals surface area contributed by atoms with Gasteiger partial charge >= 0.3 is 0 Å². The molecule has 100 valence electrons. The minimum atomic E-state index is -0.183. The fourth-order valence-electron chi connectivity index (χ4n) is 2.38. The molecule has 1 aliphatic heterocycles. The Morgan fingerprint density at radius 1 is 1.61 bits per heavy atom. The van der Waals surface area contributed by atoms with Crippen molar-refractivity contribution >= 4 is 27.7 Å². The topological polar surface area (TPSA) is 29.3 Å². The third-order valence-corrected chi connectivity index (χ3v) is 5.16. The zero-order chi connectivity index (χ0) is 13.1. The number of nitrogens with two attached hydrogens (primary N) is 1. The van der Waals surface area contributed by atoms with Gasteiger partial charge in [-0.25, -0.2) is 4.39 Å². The van der Waals surface area contributed by atoms with Gasteiger partial charge in [-0.2, -0.15) is 11.8 Å². The van der Waals surface area contributed by atoms with E-state index < -0.39 is 0 Å². The van der Waals surface area contributed by atoms with Crippen molar-refractivity contribution in [2.75, 3.05) is 25.1 Å². The average molecular weight is 333 g/mol. The van der Waals surface area contributed by atoms with Crippen molar-refractivity contribution in [1.29, 1.82) is 0 Å². The van der Waals surface area contributed by atoms with Crippen LogP contribution in [0.15, 0.2) is 22.7 Å². The first-order valence-corrected chi connectivity index (χ1v) is 8.03. The van der Waals surface area contributed by atoms with Gasteiger partial charge in [0.05, 0.1) is 0 Å². The molecule has 18 heavy (non-hydrogen) atoms. The lowest BCUT2D eigenvalue weighted by atomic mass is 10.0. The smallest absolute Gasteiger partial charge is 0.129 e. The van der Waals surface area contributed by atoms with Gasteiger partial charge in [0.2, 0.25) is 0 Å². The molecule has 0 saturated carbocycles. The Labute approximate surface area is 120 Å². The van der Waals surface area contributed by atoms with Crippen molar-refractivity contribution in [3.63, 3.8) is 0 Å². The average Bonchev–Trinajstić information content (AvgIpc) is 2.86. The maximum Gasteiger partial charge on any atom is 0.129 e. The van der Waals surface area contributed by atoms with Gasteiger partial charge in [0.25, 0.3) is 0 Å². The van der Waals surface area contributed by atoms with Gasteiger partial charge in [0.15, 0.2) is 0 Å². The molecule has 0 aromatic heterocycles. The van der Waals surface area contributed by atoms with Crippen molar-refractivity contribution in [3.8, 4) is 0 Å². The predicted octanol–water partition coefficient (Wildman–Crippen LogP) is 3.03. The third kappa shape index (κ3) is 3.07. The minimum absolute atomic E-state index is 0.0400. The molecule has 0 amide bonds. The quantitative estimate of drug-likeness (QED) is 0.918. The summed E-state index contributed by atoms with van der Waals surface area (Å²) in [6.07, 6.45) is 1.16. The first kappa shape index (κ1) is 14.3. The van der Waals surface area contributed by atoms with Crippen LogP contribution in [0.25, 0.3) is 0 Å². The van der Waals surface area contributed by atoms with Gasteiger partial charge in [0.1, 0.15) is 5.82 Å². The van der Waals surface area contributed by atoms with E-state index in [4.69, 9.17) is 5.73 Å².